The van der Waals surface area contributed by atoms with Crippen LogP contribution in [0.25, 0.3) is 0 Å². The summed E-state index contributed by atoms with van der Waals surface area (Å²) in [5.41, 5.74) is 5.74. The highest BCUT2D eigenvalue weighted by atomic mass is 32.2. The molecule has 0 amide bonds. The maximum Gasteiger partial charge on any atom is 0.303 e. The summed E-state index contributed by atoms with van der Waals surface area (Å²) in [5, 5.41) is 0.507. The third-order valence-electron chi connectivity index (χ3n) is 3.23. The van der Waals surface area contributed by atoms with Crippen molar-refractivity contribution in [3.8, 4) is 0 Å². The molecule has 0 saturated carbocycles. The fraction of sp³-hybridized carbons (Fsp3) is 0.643. The van der Waals surface area contributed by atoms with Gasteiger partial charge in [-0.15, -0.1) is 0 Å². The van der Waals surface area contributed by atoms with Gasteiger partial charge in [0.25, 0.3) is 0 Å². The average molecular weight is 363 g/mol. The van der Waals surface area contributed by atoms with Gasteiger partial charge in [-0.05, 0) is 0 Å². The summed E-state index contributed by atoms with van der Waals surface area (Å²) in [6, 6.07) is 0. The van der Waals surface area contributed by atoms with Crippen molar-refractivity contribution in [2.24, 2.45) is 5.73 Å². The molecule has 0 radical (unpaired) electrons. The minimum atomic E-state index is -1.15. The van der Waals surface area contributed by atoms with E-state index in [1.807, 2.05) is 0 Å². The van der Waals surface area contributed by atoms with Crippen molar-refractivity contribution >= 4 is 29.7 Å². The summed E-state index contributed by atoms with van der Waals surface area (Å²) < 4.78 is 42.4. The van der Waals surface area contributed by atoms with E-state index in [0.29, 0.717) is 10.9 Å². The number of rotatable bonds is 5. The largest absolute Gasteiger partial charge is 0.463 e. The first-order valence-corrected chi connectivity index (χ1v) is 7.81. The van der Waals surface area contributed by atoms with Gasteiger partial charge < -0.3 is 29.6 Å². The topological polar surface area (TPSA) is 117 Å². The molecule has 134 valence electrons. The Kier molecular flexibility index (Phi) is 4.65. The van der Waals surface area contributed by atoms with Crippen LogP contribution in [0, 0.1) is 0 Å². The molecule has 1 unspecified atom stereocenters. The second-order valence-corrected chi connectivity index (χ2v) is 5.99. The van der Waals surface area contributed by atoms with Crippen molar-refractivity contribution in [3.63, 3.8) is 0 Å². The van der Waals surface area contributed by atoms with Gasteiger partial charge in [0.1, 0.15) is 12.7 Å². The molecule has 4 atom stereocenters. The Balaban J connectivity index is 2.24. The molecule has 24 heavy (non-hydrogen) atoms. The van der Waals surface area contributed by atoms with Crippen LogP contribution < -0.4 is 5.73 Å². The molecule has 2 N–H and O–H groups in total. The van der Waals surface area contributed by atoms with E-state index in [-0.39, 0.29) is 6.61 Å². The molecule has 9 nitrogen and oxygen atoms in total. The molecule has 0 aromatic carbocycles. The van der Waals surface area contributed by atoms with Gasteiger partial charge in [0.05, 0.1) is 10.9 Å². The minimum absolute atomic E-state index is 0.334. The molecule has 1 fully saturated rings. The fourth-order valence-corrected chi connectivity index (χ4v) is 3.12. The Hall–Kier alpha value is -1.94. The third kappa shape index (κ3) is 4.54. The maximum absolute atomic E-state index is 11.7. The second kappa shape index (κ2) is 7.75. The Morgan fingerprint density at radius 2 is 1.96 bits per heavy atom. The summed E-state index contributed by atoms with van der Waals surface area (Å²) in [6.45, 7) is -2.23. The van der Waals surface area contributed by atoms with E-state index in [4.69, 9.17) is 28.8 Å². The molecule has 2 heterocycles. The number of hydrogen-bond donors (Lipinski definition) is 1. The molecule has 2 aliphatic heterocycles. The first-order chi connectivity index (χ1) is 12.9. The molecule has 0 spiro atoms. The van der Waals surface area contributed by atoms with E-state index in [2.05, 4.69) is 0 Å². The average Bonchev–Trinajstić information content (AvgIpc) is 3.23. The van der Waals surface area contributed by atoms with Crippen LogP contribution in [0.3, 0.4) is 0 Å². The van der Waals surface area contributed by atoms with Gasteiger partial charge in [0, 0.05) is 31.0 Å². The number of ether oxygens (including phenoxy) is 4. The molecule has 0 aromatic rings. The molecule has 1 saturated heterocycles. The number of nitrogens with two attached hydrogens (primary N) is 1. The molecule has 0 bridgehead atoms. The Morgan fingerprint density at radius 3 is 2.54 bits per heavy atom. The highest BCUT2D eigenvalue weighted by Gasteiger charge is 2.52. The fourth-order valence-electron chi connectivity index (χ4n) is 2.39. The summed E-state index contributed by atoms with van der Waals surface area (Å²) in [5.74, 6) is -2.14. The van der Waals surface area contributed by atoms with Crippen molar-refractivity contribution in [1.29, 1.82) is 0 Å². The summed E-state index contributed by atoms with van der Waals surface area (Å²) in [7, 11) is 0. The number of hydrogen-bond acceptors (Lipinski definition) is 10. The summed E-state index contributed by atoms with van der Waals surface area (Å²) in [4.78, 5) is 36.3. The van der Waals surface area contributed by atoms with E-state index < -0.39 is 63.1 Å². The molecular formula is C14H20N2O7S. The molecule has 2 aliphatic rings. The lowest BCUT2D eigenvalue weighted by molar-refractivity contribution is -0.167. The van der Waals surface area contributed by atoms with Crippen LogP contribution in [0.2, 0.25) is 0 Å². The van der Waals surface area contributed by atoms with Crippen LogP contribution in [0.4, 0.5) is 0 Å². The van der Waals surface area contributed by atoms with E-state index >= 15 is 0 Å². The zero-order chi connectivity index (χ0) is 20.0. The normalized spacial score (nSPS) is 30.8. The second-order valence-electron chi connectivity index (χ2n) is 4.98. The Bertz CT molecular complexity index is 609. The van der Waals surface area contributed by atoms with Crippen LogP contribution in [-0.2, 0) is 33.3 Å². The number of carbonyl (C=O) groups excluding carboxylic acids is 3. The van der Waals surface area contributed by atoms with Gasteiger partial charge >= 0.3 is 17.9 Å². The van der Waals surface area contributed by atoms with Crippen LogP contribution in [0.1, 0.15) is 24.8 Å². The lowest BCUT2D eigenvalue weighted by atomic mass is 10.1. The Labute approximate surface area is 147 Å². The smallest absolute Gasteiger partial charge is 0.303 e. The number of carbonyl (C=O) groups is 3. The molecule has 0 aromatic heterocycles. The van der Waals surface area contributed by atoms with Gasteiger partial charge in [-0.2, -0.15) is 0 Å². The third-order valence-corrected chi connectivity index (χ3v) is 4.10. The van der Waals surface area contributed by atoms with Gasteiger partial charge in [-0.1, -0.05) is 11.8 Å². The highest BCUT2D eigenvalue weighted by molar-refractivity contribution is 8.03. The van der Waals surface area contributed by atoms with Crippen molar-refractivity contribution in [3.05, 3.63) is 11.2 Å². The van der Waals surface area contributed by atoms with Gasteiger partial charge in [0.15, 0.2) is 18.4 Å². The van der Waals surface area contributed by atoms with Crippen molar-refractivity contribution in [2.45, 2.75) is 45.2 Å². The monoisotopic (exact) mass is 363 g/mol. The van der Waals surface area contributed by atoms with Crippen LogP contribution in [0.5, 0.6) is 0 Å². The predicted molar refractivity (Wildman–Crippen MR) is 83.0 cm³/mol. The molecular weight excluding hydrogens is 340 g/mol. The number of thioether (sulfide) groups is 1. The first kappa shape index (κ1) is 14.4. The lowest BCUT2D eigenvalue weighted by Gasteiger charge is -2.28. The lowest BCUT2D eigenvalue weighted by Crippen LogP contribution is -2.45. The Morgan fingerprint density at radius 1 is 1.29 bits per heavy atom. The zero-order valence-electron chi connectivity index (χ0n) is 15.7. The van der Waals surface area contributed by atoms with Crippen LogP contribution in [-0.4, -0.2) is 59.8 Å². The molecule has 10 heteroatoms. The van der Waals surface area contributed by atoms with E-state index in [9.17, 15) is 14.4 Å². The highest BCUT2D eigenvalue weighted by Crippen LogP contribution is 2.34. The maximum atomic E-state index is 11.7. The van der Waals surface area contributed by atoms with E-state index in [0.717, 1.165) is 0 Å². The SMILES string of the molecule is [2H]CC(=O)OC[C@H]1OC(N2C=C(N)SC2)[C@H](OC(=O)C[2H])[C@H]1OC(=O)C[2H]. The number of esters is 3. The standard InChI is InChI=1S/C14H20N2O7S/c1-7(17)20-5-10-12(21-8(2)18)13(22-9(3)19)14(23-10)16-4-11(15)24-6-16/h4,10,12-14H,5-6,15H2,1-3H3/t10-,12+,13-,14?/m1/s1/i1D,2D,3D. The molecule has 2 rings (SSSR count). The van der Waals surface area contributed by atoms with Crippen molar-refractivity contribution in [2.75, 3.05) is 12.5 Å². The van der Waals surface area contributed by atoms with Gasteiger partial charge in [0.2, 0.25) is 0 Å². The quantitative estimate of drug-likeness (QED) is 0.524. The first-order valence-electron chi connectivity index (χ1n) is 8.95. The van der Waals surface area contributed by atoms with Crippen LogP contribution in [0.15, 0.2) is 11.2 Å². The summed E-state index contributed by atoms with van der Waals surface area (Å²) >= 11 is 1.32. The van der Waals surface area contributed by atoms with Gasteiger partial charge in [-0.3, -0.25) is 14.4 Å². The van der Waals surface area contributed by atoms with Gasteiger partial charge in [-0.25, -0.2) is 0 Å². The van der Waals surface area contributed by atoms with Crippen molar-refractivity contribution in [1.82, 2.24) is 4.90 Å². The minimum Gasteiger partial charge on any atom is -0.463 e. The predicted octanol–water partition coefficient (Wildman–Crippen LogP) is -0.0983. The van der Waals surface area contributed by atoms with Crippen molar-refractivity contribution < 1.29 is 37.4 Å². The molecule has 0 aliphatic carbocycles. The van der Waals surface area contributed by atoms with E-state index in [1.54, 1.807) is 11.1 Å². The van der Waals surface area contributed by atoms with Crippen LogP contribution >= 0.6 is 11.8 Å². The summed E-state index contributed by atoms with van der Waals surface area (Å²) in [6.07, 6.45) is -2.55. The van der Waals surface area contributed by atoms with E-state index in [1.165, 1.54) is 11.8 Å². The zero-order valence-corrected chi connectivity index (χ0v) is 13.5. The number of nitrogens with zero attached hydrogens (tertiary/aromatic N) is 1.